The van der Waals surface area contributed by atoms with Gasteiger partial charge in [0.1, 0.15) is 32.4 Å². The van der Waals surface area contributed by atoms with Crippen molar-refractivity contribution >= 4 is 20.0 Å². The van der Waals surface area contributed by atoms with Crippen LogP contribution in [0, 0.1) is 13.8 Å². The fourth-order valence-electron chi connectivity index (χ4n) is 7.46. The molecule has 1 aliphatic heterocycles. The second-order valence-corrected chi connectivity index (χ2v) is 17.1. The molecule has 3 aliphatic rings. The van der Waals surface area contributed by atoms with Gasteiger partial charge in [-0.2, -0.15) is 0 Å². The van der Waals surface area contributed by atoms with Crippen molar-refractivity contribution in [2.75, 3.05) is 20.1 Å². The first-order valence-corrected chi connectivity index (χ1v) is 19.7. The number of sulfonamides is 2. The Balaban J connectivity index is 0.000000181. The number of rotatable bonds is 8. The van der Waals surface area contributed by atoms with E-state index < -0.39 is 20.0 Å². The molecule has 2 aliphatic carbocycles. The van der Waals surface area contributed by atoms with Crippen LogP contribution in [0.5, 0.6) is 0 Å². The number of quaternary nitrogens is 1. The lowest BCUT2D eigenvalue weighted by molar-refractivity contribution is -0.923. The summed E-state index contributed by atoms with van der Waals surface area (Å²) in [7, 11) is -2.89. The van der Waals surface area contributed by atoms with Crippen molar-refractivity contribution in [1.82, 2.24) is 4.57 Å². The highest BCUT2D eigenvalue weighted by Crippen LogP contribution is 2.38. The highest BCUT2D eigenvalue weighted by molar-refractivity contribution is 7.94. The Morgan fingerprint density at radius 3 is 1.70 bits per heavy atom. The van der Waals surface area contributed by atoms with Crippen LogP contribution < -0.4 is 4.57 Å². The molecule has 0 radical (unpaired) electrons. The number of aromatic nitrogens is 2. The fourth-order valence-corrected chi connectivity index (χ4v) is 9.87. The molecule has 2 saturated carbocycles. The lowest BCUT2D eigenvalue weighted by atomic mass is 9.88. The normalized spacial score (nSPS) is 25.0. The van der Waals surface area contributed by atoms with E-state index in [2.05, 4.69) is 21.1 Å². The van der Waals surface area contributed by atoms with E-state index in [-0.39, 0.29) is 23.0 Å². The van der Waals surface area contributed by atoms with Gasteiger partial charge in [0, 0.05) is 22.6 Å². The van der Waals surface area contributed by atoms with Crippen molar-refractivity contribution in [2.45, 2.75) is 112 Å². The topological polar surface area (TPSA) is 105 Å². The maximum atomic E-state index is 12.7. The highest BCUT2D eigenvalue weighted by Gasteiger charge is 2.39. The zero-order valence-electron chi connectivity index (χ0n) is 27.8. The molecule has 3 aromatic rings. The third-order valence-electron chi connectivity index (χ3n) is 10.1. The quantitative estimate of drug-likeness (QED) is 0.202. The van der Waals surface area contributed by atoms with Crippen molar-refractivity contribution in [2.24, 2.45) is 7.05 Å². The summed E-state index contributed by atoms with van der Waals surface area (Å²) < 4.78 is 64.4. The first-order chi connectivity index (χ1) is 21.9. The van der Waals surface area contributed by atoms with Gasteiger partial charge in [-0.3, -0.25) is 0 Å². The van der Waals surface area contributed by atoms with E-state index in [0.717, 1.165) is 60.6 Å². The molecule has 0 unspecified atom stereocenters. The van der Waals surface area contributed by atoms with Gasteiger partial charge in [0.15, 0.2) is 0 Å². The van der Waals surface area contributed by atoms with Crippen LogP contribution in [0.1, 0.15) is 81.4 Å². The fraction of sp³-hybridized carbons (Fsp3) is 0.571. The summed E-state index contributed by atoms with van der Waals surface area (Å²) in [4.78, 5) is 0.613. The minimum atomic E-state index is -3.61. The molecule has 0 amide bonds. The smallest absolute Gasteiger partial charge is 0.243 e. The Hall–Kier alpha value is -2.57. The molecule has 0 spiro atoms. The Labute approximate surface area is 276 Å². The van der Waals surface area contributed by atoms with Gasteiger partial charge in [0.25, 0.3) is 0 Å². The maximum Gasteiger partial charge on any atom is 0.243 e. The lowest BCUT2D eigenvalue weighted by Gasteiger charge is -2.49. The Bertz CT molecular complexity index is 1650. The molecule has 0 N–H and O–H groups in total. The van der Waals surface area contributed by atoms with Crippen LogP contribution in [-0.4, -0.2) is 64.1 Å². The predicted octanol–water partition coefficient (Wildman–Crippen LogP) is 6.48. The minimum absolute atomic E-state index is 0.0573. The Morgan fingerprint density at radius 1 is 0.696 bits per heavy atom. The van der Waals surface area contributed by atoms with Crippen molar-refractivity contribution in [1.29, 1.82) is 0 Å². The Morgan fingerprint density at radius 2 is 1.17 bits per heavy atom. The maximum absolute atomic E-state index is 12.7. The molecule has 3 fully saturated rings. The van der Waals surface area contributed by atoms with Crippen LogP contribution in [0.4, 0.5) is 0 Å². The molecule has 4 atom stereocenters. The molecule has 11 heteroatoms. The molecule has 46 heavy (non-hydrogen) atoms. The van der Waals surface area contributed by atoms with Crippen molar-refractivity contribution < 1.29 is 25.9 Å². The van der Waals surface area contributed by atoms with Gasteiger partial charge in [-0.05, 0) is 63.8 Å². The van der Waals surface area contributed by atoms with Gasteiger partial charge >= 0.3 is 0 Å². The van der Waals surface area contributed by atoms with Gasteiger partial charge in [0.05, 0.1) is 39.3 Å². The number of hydrogen-bond acceptors (Lipinski definition) is 4. The van der Waals surface area contributed by atoms with E-state index >= 15 is 0 Å². The van der Waals surface area contributed by atoms with E-state index in [0.29, 0.717) is 10.9 Å². The molecule has 1 aromatic heterocycles. The van der Waals surface area contributed by atoms with E-state index in [1.807, 2.05) is 68.4 Å². The predicted molar refractivity (Wildman–Crippen MR) is 182 cm³/mol. The number of imidazole rings is 1. The van der Waals surface area contributed by atoms with Gasteiger partial charge in [-0.1, -0.05) is 73.2 Å². The molecule has 2 aromatic carbocycles. The molecule has 6 rings (SSSR count). The number of benzene rings is 2. The summed E-state index contributed by atoms with van der Waals surface area (Å²) in [5.74, 6) is 0. The van der Waals surface area contributed by atoms with Gasteiger partial charge in [0.2, 0.25) is 6.33 Å². The van der Waals surface area contributed by atoms with Crippen molar-refractivity contribution in [3.05, 3.63) is 87.8 Å². The standard InChI is InChI=1S/C18H28N2O2S.C17H23N3O2S/c1-15-9-11-16(12-10-15)23(21,22)19-17-7-3-4-8-18(17)20(2)13-5-6-14-20;1-14-7-9-15(10-8-14)23(21,22)18-16-5-3-4-6-17(16)20-12-11-19(2)13-20/h9-12,17-18H,3-8,13-14H2,1-2H3;7-13,16-17H,3-6H2,1-2H3/t17-,18-;16-,17-/m11/s1. The average molecular weight is 670 g/mol. The SMILES string of the molecule is Cc1ccc(S(=O)(=O)[N-][C@@H]2CCCC[C@H]2[N+]2(C)CCCC2)cc1.Cc1ccc(S(=O)(=O)[N-][C@@H]2CCCC[C@H]2n2cc[n+](C)c2)cc1. The summed E-state index contributed by atoms with van der Waals surface area (Å²) >= 11 is 0. The summed E-state index contributed by atoms with van der Waals surface area (Å²) in [6.07, 6.45) is 16.7. The number of likely N-dealkylation sites (tertiary alicyclic amines) is 1. The zero-order chi connectivity index (χ0) is 33.0. The molecular formula is C35H51N5O4S2. The van der Waals surface area contributed by atoms with E-state index in [1.165, 1.54) is 32.4 Å². The van der Waals surface area contributed by atoms with Gasteiger partial charge in [-0.25, -0.2) is 26.0 Å². The summed E-state index contributed by atoms with van der Waals surface area (Å²) in [5.41, 5.74) is 2.11. The highest BCUT2D eigenvalue weighted by atomic mass is 32.2. The largest absolute Gasteiger partial charge is 0.539 e. The zero-order valence-corrected chi connectivity index (χ0v) is 29.5. The number of nitrogens with zero attached hydrogens (tertiary/aromatic N) is 5. The van der Waals surface area contributed by atoms with Gasteiger partial charge in [-0.15, -0.1) is 0 Å². The summed E-state index contributed by atoms with van der Waals surface area (Å²) in [6.45, 7) is 6.24. The first-order valence-electron chi connectivity index (χ1n) is 16.8. The molecule has 1 saturated heterocycles. The van der Waals surface area contributed by atoms with Crippen LogP contribution in [0.15, 0.2) is 77.0 Å². The van der Waals surface area contributed by atoms with E-state index in [4.69, 9.17) is 0 Å². The summed E-state index contributed by atoms with van der Waals surface area (Å²) in [5, 5.41) is 0. The van der Waals surface area contributed by atoms with E-state index in [1.54, 1.807) is 24.3 Å². The Kier molecular flexibility index (Phi) is 11.1. The van der Waals surface area contributed by atoms with E-state index in [9.17, 15) is 16.8 Å². The molecular weight excluding hydrogens is 619 g/mol. The third kappa shape index (κ3) is 8.47. The lowest BCUT2D eigenvalue weighted by Crippen LogP contribution is -2.56. The second-order valence-electron chi connectivity index (χ2n) is 13.8. The minimum Gasteiger partial charge on any atom is -0.539 e. The molecule has 2 heterocycles. The van der Waals surface area contributed by atoms with Gasteiger partial charge < -0.3 is 13.9 Å². The number of aryl methyl sites for hydroxylation is 3. The molecule has 9 nitrogen and oxygen atoms in total. The first kappa shape index (κ1) is 34.8. The number of likely N-dealkylation sites (N-methyl/N-ethyl adjacent to an activating group) is 1. The molecule has 252 valence electrons. The second kappa shape index (κ2) is 14.7. The third-order valence-corrected chi connectivity index (χ3v) is 13.0. The van der Waals surface area contributed by atoms with Crippen LogP contribution in [0.3, 0.4) is 0 Å². The van der Waals surface area contributed by atoms with Crippen LogP contribution in [0.25, 0.3) is 9.44 Å². The van der Waals surface area contributed by atoms with Crippen LogP contribution in [-0.2, 0) is 27.1 Å². The van der Waals surface area contributed by atoms with Crippen LogP contribution in [0.2, 0.25) is 0 Å². The summed E-state index contributed by atoms with van der Waals surface area (Å²) in [6, 6.07) is 14.2. The van der Waals surface area contributed by atoms with Crippen LogP contribution >= 0.6 is 0 Å². The average Bonchev–Trinajstić information content (AvgIpc) is 3.67. The van der Waals surface area contributed by atoms with Crippen molar-refractivity contribution in [3.63, 3.8) is 0 Å². The molecule has 0 bridgehead atoms. The monoisotopic (exact) mass is 669 g/mol. The van der Waals surface area contributed by atoms with Crippen molar-refractivity contribution in [3.8, 4) is 0 Å². The number of hydrogen-bond donors (Lipinski definition) is 0.